The molecule has 3 nitrogen and oxygen atoms in total. The van der Waals surface area contributed by atoms with Crippen LogP contribution in [0.1, 0.15) is 21.5 Å². The van der Waals surface area contributed by atoms with E-state index in [0.717, 1.165) is 17.7 Å². The van der Waals surface area contributed by atoms with Crippen molar-refractivity contribution in [2.24, 2.45) is 0 Å². The molecule has 0 spiro atoms. The predicted octanol–water partition coefficient (Wildman–Crippen LogP) is 3.88. The maximum Gasteiger partial charge on any atom is 0.416 e. The van der Waals surface area contributed by atoms with Crippen molar-refractivity contribution in [2.75, 3.05) is 11.9 Å². The minimum absolute atomic E-state index is 0.0942. The summed E-state index contributed by atoms with van der Waals surface area (Å²) < 4.78 is 37.3. The lowest BCUT2D eigenvalue weighted by molar-refractivity contribution is -0.137. The standard InChI is InChI=1S/C16H14F3NO2/c17-16(18,19)13-3-1-11(2-4-13)7-8-20-14-5-6-15(22)12(9-14)10-21/h1-6,9-10,20,22H,7-8H2. The monoisotopic (exact) mass is 309 g/mol. The number of alkyl halides is 3. The quantitative estimate of drug-likeness (QED) is 0.651. The lowest BCUT2D eigenvalue weighted by Gasteiger charge is -2.09. The van der Waals surface area contributed by atoms with Gasteiger partial charge in [-0.15, -0.1) is 0 Å². The number of rotatable bonds is 5. The number of anilines is 1. The number of hydrogen-bond donors (Lipinski definition) is 2. The average Bonchev–Trinajstić information content (AvgIpc) is 2.48. The highest BCUT2D eigenvalue weighted by Crippen LogP contribution is 2.29. The number of phenols is 1. The molecule has 0 amide bonds. The minimum Gasteiger partial charge on any atom is -0.507 e. The van der Waals surface area contributed by atoms with Gasteiger partial charge in [0.25, 0.3) is 0 Å². The van der Waals surface area contributed by atoms with Gasteiger partial charge in [-0.3, -0.25) is 4.79 Å². The summed E-state index contributed by atoms with van der Waals surface area (Å²) in [5.74, 6) is -0.0942. The van der Waals surface area contributed by atoms with Crippen LogP contribution in [0.4, 0.5) is 18.9 Å². The van der Waals surface area contributed by atoms with Crippen LogP contribution in [0.15, 0.2) is 42.5 Å². The Kier molecular flexibility index (Phi) is 4.70. The van der Waals surface area contributed by atoms with Crippen LogP contribution in [0.3, 0.4) is 0 Å². The molecule has 0 saturated heterocycles. The van der Waals surface area contributed by atoms with Crippen LogP contribution in [0.5, 0.6) is 5.75 Å². The maximum absolute atomic E-state index is 12.4. The Morgan fingerprint density at radius 1 is 1.09 bits per heavy atom. The van der Waals surface area contributed by atoms with Gasteiger partial charge < -0.3 is 10.4 Å². The molecule has 2 aromatic rings. The first-order valence-electron chi connectivity index (χ1n) is 6.58. The first kappa shape index (κ1) is 15.9. The largest absolute Gasteiger partial charge is 0.507 e. The molecule has 0 aliphatic carbocycles. The molecule has 6 heteroatoms. The number of halogens is 3. The Balaban J connectivity index is 1.92. The molecule has 0 heterocycles. The molecular weight excluding hydrogens is 295 g/mol. The van der Waals surface area contributed by atoms with E-state index in [-0.39, 0.29) is 11.3 Å². The third kappa shape index (κ3) is 4.00. The second kappa shape index (κ2) is 6.51. The molecule has 0 atom stereocenters. The van der Waals surface area contributed by atoms with Crippen LogP contribution in [-0.2, 0) is 12.6 Å². The van der Waals surface area contributed by atoms with E-state index in [0.29, 0.717) is 24.9 Å². The van der Waals surface area contributed by atoms with Crippen LogP contribution in [0.25, 0.3) is 0 Å². The van der Waals surface area contributed by atoms with E-state index >= 15 is 0 Å². The number of carbonyl (C=O) groups excluding carboxylic acids is 1. The fourth-order valence-corrected chi connectivity index (χ4v) is 1.97. The number of carbonyl (C=O) groups is 1. The fourth-order valence-electron chi connectivity index (χ4n) is 1.97. The van der Waals surface area contributed by atoms with Gasteiger partial charge in [0.15, 0.2) is 6.29 Å². The predicted molar refractivity (Wildman–Crippen MR) is 77.1 cm³/mol. The van der Waals surface area contributed by atoms with E-state index in [1.165, 1.54) is 24.3 Å². The van der Waals surface area contributed by atoms with Crippen molar-refractivity contribution in [1.82, 2.24) is 0 Å². The summed E-state index contributed by atoms with van der Waals surface area (Å²) in [6, 6.07) is 9.53. The van der Waals surface area contributed by atoms with Gasteiger partial charge in [0.1, 0.15) is 5.75 Å². The third-order valence-electron chi connectivity index (χ3n) is 3.18. The van der Waals surface area contributed by atoms with Crippen molar-refractivity contribution >= 4 is 12.0 Å². The van der Waals surface area contributed by atoms with Crippen molar-refractivity contribution < 1.29 is 23.1 Å². The van der Waals surface area contributed by atoms with Gasteiger partial charge in [0.2, 0.25) is 0 Å². The molecule has 0 saturated carbocycles. The summed E-state index contributed by atoms with van der Waals surface area (Å²) >= 11 is 0. The lowest BCUT2D eigenvalue weighted by Crippen LogP contribution is -2.07. The summed E-state index contributed by atoms with van der Waals surface area (Å²) in [6.45, 7) is 0.494. The van der Waals surface area contributed by atoms with E-state index in [1.54, 1.807) is 6.07 Å². The summed E-state index contributed by atoms with van der Waals surface area (Å²) in [7, 11) is 0. The van der Waals surface area contributed by atoms with E-state index < -0.39 is 11.7 Å². The molecule has 2 N–H and O–H groups in total. The second-order valence-electron chi connectivity index (χ2n) is 4.76. The van der Waals surface area contributed by atoms with Gasteiger partial charge >= 0.3 is 6.18 Å². The molecule has 0 aromatic heterocycles. The van der Waals surface area contributed by atoms with E-state index in [4.69, 9.17) is 0 Å². The number of hydrogen-bond acceptors (Lipinski definition) is 3. The SMILES string of the molecule is O=Cc1cc(NCCc2ccc(C(F)(F)F)cc2)ccc1O. The van der Waals surface area contributed by atoms with Crippen LogP contribution in [0.2, 0.25) is 0 Å². The topological polar surface area (TPSA) is 49.3 Å². The van der Waals surface area contributed by atoms with E-state index in [2.05, 4.69) is 5.32 Å². The van der Waals surface area contributed by atoms with E-state index in [1.807, 2.05) is 0 Å². The zero-order valence-electron chi connectivity index (χ0n) is 11.5. The Morgan fingerprint density at radius 2 is 1.77 bits per heavy atom. The molecular formula is C16H14F3NO2. The summed E-state index contributed by atoms with van der Waals surface area (Å²) in [4.78, 5) is 10.7. The van der Waals surface area contributed by atoms with Crippen molar-refractivity contribution in [3.8, 4) is 5.75 Å². The minimum atomic E-state index is -4.33. The Morgan fingerprint density at radius 3 is 2.36 bits per heavy atom. The van der Waals surface area contributed by atoms with Gasteiger partial charge in [0.05, 0.1) is 11.1 Å². The van der Waals surface area contributed by atoms with Gasteiger partial charge in [-0.1, -0.05) is 12.1 Å². The Labute approximate surface area is 125 Å². The van der Waals surface area contributed by atoms with Crippen molar-refractivity contribution in [3.05, 3.63) is 59.2 Å². The van der Waals surface area contributed by atoms with Gasteiger partial charge in [-0.25, -0.2) is 0 Å². The Bertz CT molecular complexity index is 651. The molecule has 0 aliphatic rings. The molecule has 0 aliphatic heterocycles. The van der Waals surface area contributed by atoms with Crippen LogP contribution in [-0.4, -0.2) is 17.9 Å². The van der Waals surface area contributed by atoms with Gasteiger partial charge in [-0.05, 0) is 42.3 Å². The number of phenolic OH excluding ortho intramolecular Hbond substituents is 1. The molecule has 2 aromatic carbocycles. The first-order valence-corrected chi connectivity index (χ1v) is 6.58. The zero-order valence-corrected chi connectivity index (χ0v) is 11.5. The summed E-state index contributed by atoms with van der Waals surface area (Å²) in [5.41, 5.74) is 0.944. The second-order valence-corrected chi connectivity index (χ2v) is 4.76. The molecule has 22 heavy (non-hydrogen) atoms. The normalized spacial score (nSPS) is 11.2. The molecule has 2 rings (SSSR count). The van der Waals surface area contributed by atoms with Crippen LogP contribution in [0, 0.1) is 0 Å². The molecule has 116 valence electrons. The van der Waals surface area contributed by atoms with Crippen molar-refractivity contribution in [1.29, 1.82) is 0 Å². The highest BCUT2D eigenvalue weighted by Gasteiger charge is 2.29. The summed E-state index contributed by atoms with van der Waals surface area (Å²) in [5, 5.41) is 12.4. The van der Waals surface area contributed by atoms with Gasteiger partial charge in [0, 0.05) is 12.2 Å². The number of nitrogens with one attached hydrogen (secondary N) is 1. The van der Waals surface area contributed by atoms with Crippen LogP contribution >= 0.6 is 0 Å². The van der Waals surface area contributed by atoms with Crippen LogP contribution < -0.4 is 5.32 Å². The van der Waals surface area contributed by atoms with Crippen molar-refractivity contribution in [2.45, 2.75) is 12.6 Å². The Hall–Kier alpha value is -2.50. The zero-order chi connectivity index (χ0) is 16.2. The van der Waals surface area contributed by atoms with E-state index in [9.17, 15) is 23.1 Å². The molecule has 0 bridgehead atoms. The first-order chi connectivity index (χ1) is 10.4. The molecule has 0 unspecified atom stereocenters. The summed E-state index contributed by atoms with van der Waals surface area (Å²) in [6.07, 6.45) is -3.24. The number of aldehydes is 1. The lowest BCUT2D eigenvalue weighted by atomic mass is 10.1. The van der Waals surface area contributed by atoms with Gasteiger partial charge in [-0.2, -0.15) is 13.2 Å². The number of aromatic hydroxyl groups is 1. The maximum atomic E-state index is 12.4. The highest BCUT2D eigenvalue weighted by atomic mass is 19.4. The highest BCUT2D eigenvalue weighted by molar-refractivity contribution is 5.81. The molecule has 0 radical (unpaired) electrons. The third-order valence-corrected chi connectivity index (χ3v) is 3.18. The van der Waals surface area contributed by atoms with Crippen molar-refractivity contribution in [3.63, 3.8) is 0 Å². The number of benzene rings is 2. The smallest absolute Gasteiger partial charge is 0.416 e. The molecule has 0 fully saturated rings. The average molecular weight is 309 g/mol. The fraction of sp³-hybridized carbons (Fsp3) is 0.188.